The summed E-state index contributed by atoms with van der Waals surface area (Å²) in [5.41, 5.74) is 1.68. The molecule has 0 saturated heterocycles. The molecule has 1 N–H and O–H groups in total. The largest absolute Gasteiger partial charge is 0.496 e. The molecule has 0 unspecified atom stereocenters. The Kier molecular flexibility index (Phi) is 8.17. The summed E-state index contributed by atoms with van der Waals surface area (Å²) in [6.07, 6.45) is 3.37. The Bertz CT molecular complexity index is 836. The van der Waals surface area contributed by atoms with E-state index in [4.69, 9.17) is 32.7 Å². The van der Waals surface area contributed by atoms with E-state index in [0.717, 1.165) is 11.3 Å². The van der Waals surface area contributed by atoms with Gasteiger partial charge < -0.3 is 14.8 Å². The predicted octanol–water partition coefficient (Wildman–Crippen LogP) is 3.92. The van der Waals surface area contributed by atoms with E-state index >= 15 is 0 Å². The van der Waals surface area contributed by atoms with Crippen molar-refractivity contribution in [3.8, 4) is 5.75 Å². The number of ether oxygens (including phenoxy) is 2. The van der Waals surface area contributed by atoms with Gasteiger partial charge in [-0.1, -0.05) is 47.5 Å². The van der Waals surface area contributed by atoms with Crippen LogP contribution < -0.4 is 10.1 Å². The average molecular weight is 408 g/mol. The summed E-state index contributed by atoms with van der Waals surface area (Å²) in [7, 11) is 1.60. The van der Waals surface area contributed by atoms with Gasteiger partial charge in [0.2, 0.25) is 0 Å². The van der Waals surface area contributed by atoms with Crippen molar-refractivity contribution < 1.29 is 19.1 Å². The number of benzene rings is 2. The molecule has 2 rings (SSSR count). The molecule has 2 aromatic carbocycles. The molecule has 0 aliphatic carbocycles. The number of hydrogen-bond acceptors (Lipinski definition) is 4. The number of amides is 1. The minimum absolute atomic E-state index is 0.351. The summed E-state index contributed by atoms with van der Waals surface area (Å²) < 4.78 is 10.2. The summed E-state index contributed by atoms with van der Waals surface area (Å²) in [6, 6.07) is 12.5. The van der Waals surface area contributed by atoms with Crippen LogP contribution in [0.4, 0.5) is 0 Å². The monoisotopic (exact) mass is 407 g/mol. The lowest BCUT2D eigenvalue weighted by molar-refractivity contribution is -0.143. The van der Waals surface area contributed by atoms with Crippen LogP contribution in [0.25, 0.3) is 6.08 Å². The fraction of sp³-hybridized carbons (Fsp3) is 0.200. The van der Waals surface area contributed by atoms with Crippen molar-refractivity contribution in [1.29, 1.82) is 0 Å². The summed E-state index contributed by atoms with van der Waals surface area (Å²) >= 11 is 11.7. The number of methoxy groups -OCH3 is 1. The maximum atomic E-state index is 11.8. The molecule has 2 aromatic rings. The highest BCUT2D eigenvalue weighted by Crippen LogP contribution is 2.23. The first-order valence-corrected chi connectivity index (χ1v) is 8.93. The van der Waals surface area contributed by atoms with Crippen LogP contribution in [0.1, 0.15) is 11.1 Å². The second kappa shape index (κ2) is 10.6. The summed E-state index contributed by atoms with van der Waals surface area (Å²) in [4.78, 5) is 23.5. The Balaban J connectivity index is 1.72. The van der Waals surface area contributed by atoms with Gasteiger partial charge in [0.1, 0.15) is 5.75 Å². The Labute approximate surface area is 167 Å². The third-order valence-corrected chi connectivity index (χ3v) is 4.35. The van der Waals surface area contributed by atoms with Crippen LogP contribution in [0, 0.1) is 0 Å². The summed E-state index contributed by atoms with van der Waals surface area (Å²) in [5, 5.41) is 3.52. The number of halogens is 2. The molecule has 142 valence electrons. The Hall–Kier alpha value is -2.50. The zero-order valence-corrected chi connectivity index (χ0v) is 16.2. The first-order valence-electron chi connectivity index (χ1n) is 8.18. The van der Waals surface area contributed by atoms with E-state index in [-0.39, 0.29) is 12.5 Å². The van der Waals surface area contributed by atoms with Gasteiger partial charge in [0.15, 0.2) is 6.61 Å². The van der Waals surface area contributed by atoms with E-state index in [2.05, 4.69) is 5.32 Å². The number of carbonyl (C=O) groups excluding carboxylic acids is 2. The highest BCUT2D eigenvalue weighted by Gasteiger charge is 2.06. The number of esters is 1. The molecule has 0 aliphatic rings. The van der Waals surface area contributed by atoms with E-state index in [1.165, 1.54) is 12.2 Å². The molecule has 0 fully saturated rings. The molecule has 27 heavy (non-hydrogen) atoms. The molecule has 0 heterocycles. The molecule has 0 bridgehead atoms. The quantitative estimate of drug-likeness (QED) is 0.531. The molecular weight excluding hydrogens is 389 g/mol. The smallest absolute Gasteiger partial charge is 0.331 e. The van der Waals surface area contributed by atoms with E-state index in [1.807, 2.05) is 24.3 Å². The first kappa shape index (κ1) is 20.8. The average Bonchev–Trinajstić information content (AvgIpc) is 2.67. The van der Waals surface area contributed by atoms with E-state index in [0.29, 0.717) is 28.6 Å². The van der Waals surface area contributed by atoms with Gasteiger partial charge in [-0.2, -0.15) is 0 Å². The van der Waals surface area contributed by atoms with Crippen LogP contribution in [0.3, 0.4) is 0 Å². The molecule has 0 saturated carbocycles. The molecule has 0 atom stereocenters. The Morgan fingerprint density at radius 2 is 1.89 bits per heavy atom. The minimum atomic E-state index is -0.624. The molecule has 5 nitrogen and oxygen atoms in total. The van der Waals surface area contributed by atoms with Gasteiger partial charge in [-0.05, 0) is 41.8 Å². The topological polar surface area (TPSA) is 64.6 Å². The number of rotatable bonds is 8. The van der Waals surface area contributed by atoms with E-state index in [9.17, 15) is 9.59 Å². The van der Waals surface area contributed by atoms with Crippen molar-refractivity contribution in [2.45, 2.75) is 6.42 Å². The highest BCUT2D eigenvalue weighted by molar-refractivity contribution is 6.42. The summed E-state index contributed by atoms with van der Waals surface area (Å²) in [5.74, 6) is -0.229. The van der Waals surface area contributed by atoms with Crippen LogP contribution in [0.15, 0.2) is 48.5 Å². The zero-order valence-electron chi connectivity index (χ0n) is 14.7. The lowest BCUT2D eigenvalue weighted by Crippen LogP contribution is -2.30. The van der Waals surface area contributed by atoms with Crippen molar-refractivity contribution in [1.82, 2.24) is 5.32 Å². The molecule has 7 heteroatoms. The fourth-order valence-corrected chi connectivity index (χ4v) is 2.57. The highest BCUT2D eigenvalue weighted by atomic mass is 35.5. The van der Waals surface area contributed by atoms with Gasteiger partial charge in [0.05, 0.1) is 17.2 Å². The predicted molar refractivity (Wildman–Crippen MR) is 106 cm³/mol. The first-order chi connectivity index (χ1) is 13.0. The van der Waals surface area contributed by atoms with Crippen LogP contribution in [-0.4, -0.2) is 32.1 Å². The number of hydrogen-bond donors (Lipinski definition) is 1. The zero-order chi connectivity index (χ0) is 19.6. The van der Waals surface area contributed by atoms with E-state index < -0.39 is 5.97 Å². The lowest BCUT2D eigenvalue weighted by Gasteiger charge is -2.09. The Morgan fingerprint density at radius 3 is 2.63 bits per heavy atom. The van der Waals surface area contributed by atoms with Crippen LogP contribution in [-0.2, 0) is 20.7 Å². The number of para-hydroxylation sites is 1. The summed E-state index contributed by atoms with van der Waals surface area (Å²) in [6.45, 7) is 0.0618. The molecule has 0 aliphatic heterocycles. The number of nitrogens with one attached hydrogen (secondary N) is 1. The normalized spacial score (nSPS) is 10.6. The van der Waals surface area contributed by atoms with Crippen molar-refractivity contribution >= 4 is 41.2 Å². The van der Waals surface area contributed by atoms with Gasteiger partial charge in [-0.3, -0.25) is 4.79 Å². The second-order valence-electron chi connectivity index (χ2n) is 5.53. The Morgan fingerprint density at radius 1 is 1.11 bits per heavy atom. The molecular formula is C20H19Cl2NO4. The number of carbonyl (C=O) groups is 2. The molecule has 0 radical (unpaired) electrons. The maximum absolute atomic E-state index is 11.8. The van der Waals surface area contributed by atoms with Crippen molar-refractivity contribution in [3.05, 3.63) is 69.7 Å². The van der Waals surface area contributed by atoms with Crippen molar-refractivity contribution in [2.75, 3.05) is 20.3 Å². The molecule has 1 amide bonds. The van der Waals surface area contributed by atoms with Crippen molar-refractivity contribution in [2.24, 2.45) is 0 Å². The maximum Gasteiger partial charge on any atom is 0.331 e. The standard InChI is InChI=1S/C20H19Cl2NO4/c1-26-18-5-3-2-4-15(18)10-11-23-19(24)13-27-20(25)9-7-14-6-8-16(21)17(22)12-14/h2-9,12H,10-11,13H2,1H3,(H,23,24)/b9-7+. The van der Waals surface area contributed by atoms with Gasteiger partial charge in [0, 0.05) is 12.6 Å². The van der Waals surface area contributed by atoms with Gasteiger partial charge in [-0.15, -0.1) is 0 Å². The van der Waals surface area contributed by atoms with Gasteiger partial charge in [0.25, 0.3) is 5.91 Å². The van der Waals surface area contributed by atoms with Crippen LogP contribution in [0.2, 0.25) is 10.0 Å². The van der Waals surface area contributed by atoms with Gasteiger partial charge >= 0.3 is 5.97 Å². The molecule has 0 aromatic heterocycles. The molecule has 0 spiro atoms. The lowest BCUT2D eigenvalue weighted by atomic mass is 10.1. The minimum Gasteiger partial charge on any atom is -0.496 e. The second-order valence-corrected chi connectivity index (χ2v) is 6.34. The van der Waals surface area contributed by atoms with Gasteiger partial charge in [-0.25, -0.2) is 4.79 Å². The van der Waals surface area contributed by atoms with Crippen molar-refractivity contribution in [3.63, 3.8) is 0 Å². The SMILES string of the molecule is COc1ccccc1CCNC(=O)COC(=O)/C=C/c1ccc(Cl)c(Cl)c1. The van der Waals surface area contributed by atoms with Crippen LogP contribution >= 0.6 is 23.2 Å². The van der Waals surface area contributed by atoms with Crippen LogP contribution in [0.5, 0.6) is 5.75 Å². The third kappa shape index (κ3) is 6.96. The fourth-order valence-electron chi connectivity index (χ4n) is 2.26. The third-order valence-electron chi connectivity index (χ3n) is 3.61. The van der Waals surface area contributed by atoms with E-state index in [1.54, 1.807) is 25.3 Å².